The molecule has 0 heterocycles. The van der Waals surface area contributed by atoms with Gasteiger partial charge < -0.3 is 37.9 Å². The van der Waals surface area contributed by atoms with Crippen LogP contribution in [-0.4, -0.2) is 367 Å². The summed E-state index contributed by atoms with van der Waals surface area (Å²) in [5.41, 5.74) is 0. The second-order valence-corrected chi connectivity index (χ2v) is 18.7. The minimum absolute atomic E-state index is 0.0694. The molecule has 0 unspecified atom stereocenters. The van der Waals surface area contributed by atoms with Gasteiger partial charge in [-0.1, -0.05) is 0 Å². The van der Waals surface area contributed by atoms with Gasteiger partial charge in [0, 0.05) is 105 Å². The standard InChI is InChI=1S/C48H100F8N10O17/c1-57(5-9-61(13-21-67-29-37-75-49)14-22-68-30-38-76-50)45-65(46-58(2)6-10-62(15-23-69-31-39-77-51)16-24-70-32-40-78-52)83-66(47-59(3)7-11-63(17-25-71-33-41-79-53)18-26-72-34-42-80-54)48-60(4)8-12-64(19-27-73-35-43-81-55)20-28-74-36-44-82-56/h5-48H2,1-4H3. The Morgan fingerprint density at radius 3 is 0.494 bits per heavy atom. The molecular formula is C48H100F8N10O17. The molecule has 0 radical (unpaired) electrons. The molecule has 0 saturated heterocycles. The molecule has 0 aliphatic rings. The smallest absolute Gasteiger partial charge is 0.111 e. The van der Waals surface area contributed by atoms with Crippen molar-refractivity contribution < 1.29 is 119 Å². The van der Waals surface area contributed by atoms with Crippen LogP contribution >= 0.6 is 0 Å². The topological polar surface area (TPSA) is 189 Å². The molecule has 0 amide bonds. The van der Waals surface area contributed by atoms with Crippen LogP contribution in [0.5, 0.6) is 0 Å². The zero-order valence-corrected chi connectivity index (χ0v) is 49.5. The van der Waals surface area contributed by atoms with E-state index in [1.165, 1.54) is 0 Å². The van der Waals surface area contributed by atoms with Crippen molar-refractivity contribution in [2.45, 2.75) is 0 Å². The molecule has 0 aliphatic heterocycles. The van der Waals surface area contributed by atoms with Crippen LogP contribution in [0, 0.1) is 0 Å². The van der Waals surface area contributed by atoms with Gasteiger partial charge in [0.05, 0.1) is 132 Å². The van der Waals surface area contributed by atoms with Crippen molar-refractivity contribution in [3.63, 3.8) is 0 Å². The third-order valence-electron chi connectivity index (χ3n) is 11.9. The Kier molecular flexibility index (Phi) is 62.1. The van der Waals surface area contributed by atoms with Crippen molar-refractivity contribution in [3.05, 3.63) is 0 Å². The summed E-state index contributed by atoms with van der Waals surface area (Å²) >= 11 is 0. The normalized spacial score (nSPS) is 12.5. The highest BCUT2D eigenvalue weighted by atomic mass is 19.3. The third-order valence-corrected chi connectivity index (χ3v) is 11.9. The number of hydrogen-bond donors (Lipinski definition) is 0. The SMILES string of the molecule is CN(CCN(CCOCCOF)CCOCCOF)CN(CN(C)CCN(CCOCCOF)CCOCCOF)ON(CN(C)CCN(CCOCCOF)CCOCCOF)CN(C)CCN(CCOCCOF)CCOCCOF. The van der Waals surface area contributed by atoms with E-state index in [9.17, 15) is 36.2 Å². The number of likely N-dealkylation sites (N-methyl/N-ethyl adjacent to an activating group) is 4. The Morgan fingerprint density at radius 1 is 0.193 bits per heavy atom. The zero-order valence-electron chi connectivity index (χ0n) is 49.5. The Morgan fingerprint density at radius 2 is 0.349 bits per heavy atom. The van der Waals surface area contributed by atoms with Crippen molar-refractivity contribution >= 4 is 0 Å². The molecule has 0 N–H and O–H groups in total. The molecule has 83 heavy (non-hydrogen) atoms. The van der Waals surface area contributed by atoms with Gasteiger partial charge in [-0.3, -0.25) is 39.2 Å². The van der Waals surface area contributed by atoms with Crippen molar-refractivity contribution in [2.75, 3.05) is 318 Å². The lowest BCUT2D eigenvalue weighted by molar-refractivity contribution is -0.360. The summed E-state index contributed by atoms with van der Waals surface area (Å²) in [6.45, 7) is 10.6. The van der Waals surface area contributed by atoms with E-state index >= 15 is 0 Å². The maximum atomic E-state index is 12.3. The summed E-state index contributed by atoms with van der Waals surface area (Å²) in [6, 6.07) is 0. The minimum Gasteiger partial charge on any atom is -0.378 e. The second-order valence-electron chi connectivity index (χ2n) is 18.7. The van der Waals surface area contributed by atoms with Crippen molar-refractivity contribution in [3.8, 4) is 0 Å². The summed E-state index contributed by atoms with van der Waals surface area (Å²) in [5, 5.41) is 3.65. The molecule has 0 aromatic heterocycles. The van der Waals surface area contributed by atoms with Crippen LogP contribution in [0.4, 0.5) is 36.2 Å². The minimum atomic E-state index is -0.204. The number of nitrogens with zero attached hydrogens (tertiary/aromatic N) is 10. The number of halogens is 8. The molecule has 0 bridgehead atoms. The summed E-state index contributed by atoms with van der Waals surface area (Å²) in [5.74, 6) is 0. The second kappa shape index (κ2) is 63.4. The van der Waals surface area contributed by atoms with Crippen LogP contribution in [0.3, 0.4) is 0 Å². The third kappa shape index (κ3) is 55.4. The maximum Gasteiger partial charge on any atom is 0.111 e. The Bertz CT molecular complexity index is 1080. The average molecular weight is 1240 g/mol. The molecule has 35 heteroatoms. The largest absolute Gasteiger partial charge is 0.378 e. The molecule has 27 nitrogen and oxygen atoms in total. The van der Waals surface area contributed by atoms with Crippen LogP contribution in [-0.2, 0) is 82.4 Å². The Balaban J connectivity index is 6.85. The van der Waals surface area contributed by atoms with Crippen molar-refractivity contribution in [1.82, 2.24) is 49.3 Å². The van der Waals surface area contributed by atoms with Gasteiger partial charge in [0.2, 0.25) is 0 Å². The lowest BCUT2D eigenvalue weighted by Crippen LogP contribution is -2.52. The van der Waals surface area contributed by atoms with E-state index < -0.39 is 0 Å². The van der Waals surface area contributed by atoms with Gasteiger partial charge in [0.15, 0.2) is 0 Å². The molecule has 0 saturated carbocycles. The molecule has 0 aliphatic carbocycles. The van der Waals surface area contributed by atoms with Crippen LogP contribution in [0.1, 0.15) is 0 Å². The van der Waals surface area contributed by atoms with Gasteiger partial charge in [0.25, 0.3) is 0 Å². The molecular weight excluding hydrogens is 1140 g/mol. The van der Waals surface area contributed by atoms with Crippen LogP contribution in [0.2, 0.25) is 0 Å². The van der Waals surface area contributed by atoms with Gasteiger partial charge in [-0.15, -0.1) is 10.1 Å². The van der Waals surface area contributed by atoms with E-state index in [-0.39, 0.29) is 106 Å². The van der Waals surface area contributed by atoms with Gasteiger partial charge in [0.1, 0.15) is 52.9 Å². The van der Waals surface area contributed by atoms with Gasteiger partial charge in [-0.25, -0.2) is 4.94 Å². The first-order chi connectivity index (χ1) is 40.6. The highest BCUT2D eigenvalue weighted by molar-refractivity contribution is 4.67. The van der Waals surface area contributed by atoms with Gasteiger partial charge in [-0.05, 0) is 64.4 Å². The average Bonchev–Trinajstić information content (AvgIpc) is 3.48. The highest BCUT2D eigenvalue weighted by Gasteiger charge is 2.22. The molecule has 0 spiro atoms. The first-order valence-electron chi connectivity index (χ1n) is 27.9. The van der Waals surface area contributed by atoms with Gasteiger partial charge >= 0.3 is 0 Å². The van der Waals surface area contributed by atoms with Crippen molar-refractivity contribution in [1.29, 1.82) is 0 Å². The lowest BCUT2D eigenvalue weighted by atomic mass is 10.4. The predicted molar refractivity (Wildman–Crippen MR) is 284 cm³/mol. The van der Waals surface area contributed by atoms with Crippen LogP contribution in [0.25, 0.3) is 0 Å². The summed E-state index contributed by atoms with van der Waals surface area (Å²) < 4.78 is 143. The Hall–Kier alpha value is -1.64. The number of ether oxygens (including phenoxy) is 8. The van der Waals surface area contributed by atoms with Crippen LogP contribution < -0.4 is 0 Å². The van der Waals surface area contributed by atoms with E-state index in [4.69, 9.17) is 42.8 Å². The summed E-state index contributed by atoms with van der Waals surface area (Å²) in [7, 11) is 7.78. The monoisotopic (exact) mass is 1240 g/mol. The van der Waals surface area contributed by atoms with E-state index in [1.54, 1.807) is 0 Å². The zero-order chi connectivity index (χ0) is 60.9. The number of rotatable bonds is 70. The van der Waals surface area contributed by atoms with E-state index in [0.717, 1.165) is 0 Å². The first-order valence-corrected chi connectivity index (χ1v) is 27.9. The van der Waals surface area contributed by atoms with Gasteiger partial charge in [-0.2, -0.15) is 39.5 Å². The lowest BCUT2D eigenvalue weighted by Gasteiger charge is -2.38. The highest BCUT2D eigenvalue weighted by Crippen LogP contribution is 2.07. The van der Waals surface area contributed by atoms with Crippen LogP contribution in [0.15, 0.2) is 0 Å². The summed E-state index contributed by atoms with van der Waals surface area (Å²) in [6.07, 6.45) is 0. The maximum absolute atomic E-state index is 12.3. The molecule has 0 fully saturated rings. The predicted octanol–water partition coefficient (Wildman–Crippen LogP) is 1.54. The van der Waals surface area contributed by atoms with E-state index in [2.05, 4.69) is 78.7 Å². The Labute approximate surface area is 485 Å². The van der Waals surface area contributed by atoms with E-state index in [1.807, 2.05) is 38.3 Å². The molecule has 0 aromatic rings. The number of hydroxylamine groups is 4. The molecule has 0 atom stereocenters. The first kappa shape index (κ1) is 81.4. The fraction of sp³-hybridized carbons (Fsp3) is 1.00. The molecule has 500 valence electrons. The fourth-order valence-corrected chi connectivity index (χ4v) is 7.40. The van der Waals surface area contributed by atoms with E-state index in [0.29, 0.717) is 184 Å². The molecule has 0 aromatic carbocycles. The number of hydrogen-bond acceptors (Lipinski definition) is 27. The van der Waals surface area contributed by atoms with Crippen molar-refractivity contribution in [2.24, 2.45) is 0 Å². The fourth-order valence-electron chi connectivity index (χ4n) is 7.40. The summed E-state index contributed by atoms with van der Waals surface area (Å²) in [4.78, 5) is 52.7. The quantitative estimate of drug-likeness (QED) is 0.0369. The molecule has 0 rings (SSSR count).